The zero-order chi connectivity index (χ0) is 20.6. The molecule has 7 heteroatoms. The number of aromatic nitrogens is 2. The monoisotopic (exact) mass is 411 g/mol. The number of benzene rings is 2. The first-order valence-corrected chi connectivity index (χ1v) is 10.5. The highest BCUT2D eigenvalue weighted by atomic mass is 32.2. The third-order valence-corrected chi connectivity index (χ3v) is 5.17. The number of hydrogen-bond acceptors (Lipinski definition) is 6. The predicted octanol–water partition coefficient (Wildman–Crippen LogP) is 4.53. The van der Waals surface area contributed by atoms with Crippen molar-refractivity contribution >= 4 is 17.7 Å². The molecule has 1 amide bonds. The molecular weight excluding hydrogens is 386 g/mol. The van der Waals surface area contributed by atoms with Gasteiger partial charge in [0.1, 0.15) is 0 Å². The smallest absolute Gasteiger partial charge is 0.252 e. The Balaban J connectivity index is 1.56. The van der Waals surface area contributed by atoms with Gasteiger partial charge in [0.15, 0.2) is 5.82 Å². The molecule has 0 spiro atoms. The molecule has 6 nitrogen and oxygen atoms in total. The van der Waals surface area contributed by atoms with E-state index in [2.05, 4.69) is 15.5 Å². The van der Waals surface area contributed by atoms with E-state index in [4.69, 9.17) is 9.26 Å². The molecule has 0 aliphatic heterocycles. The molecule has 152 valence electrons. The first-order chi connectivity index (χ1) is 14.0. The first kappa shape index (κ1) is 21.1. The van der Waals surface area contributed by atoms with E-state index in [-0.39, 0.29) is 12.0 Å². The van der Waals surface area contributed by atoms with Crippen molar-refractivity contribution in [3.63, 3.8) is 0 Å². The molecule has 1 aromatic heterocycles. The van der Waals surface area contributed by atoms with Gasteiger partial charge in [0.2, 0.25) is 5.89 Å². The van der Waals surface area contributed by atoms with Crippen LogP contribution in [0.25, 0.3) is 0 Å². The van der Waals surface area contributed by atoms with Gasteiger partial charge in [0.05, 0.1) is 24.0 Å². The molecule has 0 aliphatic rings. The van der Waals surface area contributed by atoms with Crippen LogP contribution in [-0.4, -0.2) is 22.2 Å². The Kier molecular flexibility index (Phi) is 7.43. The van der Waals surface area contributed by atoms with Crippen molar-refractivity contribution in [2.24, 2.45) is 0 Å². The van der Waals surface area contributed by atoms with Crippen molar-refractivity contribution in [3.05, 3.63) is 76.9 Å². The van der Waals surface area contributed by atoms with Crippen molar-refractivity contribution in [2.75, 3.05) is 0 Å². The molecular formula is C22H25N3O3S. The van der Waals surface area contributed by atoms with E-state index in [0.29, 0.717) is 36.2 Å². The number of carbonyl (C=O) groups excluding carboxylic acids is 1. The zero-order valence-electron chi connectivity index (χ0n) is 16.8. The fraction of sp³-hybridized carbons (Fsp3) is 0.318. The van der Waals surface area contributed by atoms with Crippen molar-refractivity contribution < 1.29 is 14.1 Å². The Morgan fingerprint density at radius 3 is 2.55 bits per heavy atom. The molecule has 1 heterocycles. The van der Waals surface area contributed by atoms with Gasteiger partial charge in [-0.2, -0.15) is 4.98 Å². The number of amides is 1. The van der Waals surface area contributed by atoms with Gasteiger partial charge in [0.25, 0.3) is 5.91 Å². The van der Waals surface area contributed by atoms with E-state index < -0.39 is 0 Å². The summed E-state index contributed by atoms with van der Waals surface area (Å²) in [6, 6.07) is 15.6. The number of aryl methyl sites for hydroxylation is 1. The topological polar surface area (TPSA) is 77.2 Å². The second kappa shape index (κ2) is 10.2. The van der Waals surface area contributed by atoms with Crippen LogP contribution in [0.5, 0.6) is 0 Å². The fourth-order valence-electron chi connectivity index (χ4n) is 2.61. The lowest BCUT2D eigenvalue weighted by atomic mass is 10.1. The van der Waals surface area contributed by atoms with E-state index in [1.165, 1.54) is 11.8 Å². The third-order valence-electron chi connectivity index (χ3n) is 4.11. The summed E-state index contributed by atoms with van der Waals surface area (Å²) in [5.41, 5.74) is 2.79. The van der Waals surface area contributed by atoms with Crippen LogP contribution in [-0.2, 0) is 23.6 Å². The molecule has 0 bridgehead atoms. The molecule has 3 rings (SSSR count). The molecule has 2 aromatic carbocycles. The van der Waals surface area contributed by atoms with Gasteiger partial charge in [-0.3, -0.25) is 4.79 Å². The van der Waals surface area contributed by atoms with Crippen LogP contribution in [0.2, 0.25) is 0 Å². The Morgan fingerprint density at radius 2 is 1.86 bits per heavy atom. The highest BCUT2D eigenvalue weighted by Gasteiger charge is 2.13. The highest BCUT2D eigenvalue weighted by molar-refractivity contribution is 7.98. The molecule has 0 fully saturated rings. The standard InChI is InChI=1S/C22H25N3O3S/c1-15(2)27-13-18-10-8-17(9-11-18)12-23-22(26)19-6-4-5-7-20(19)29-14-21-24-16(3)25-28-21/h4-11,15H,12-14H2,1-3H3,(H,23,26). The number of rotatable bonds is 9. The molecule has 0 saturated heterocycles. The number of nitrogens with zero attached hydrogens (tertiary/aromatic N) is 2. The molecule has 29 heavy (non-hydrogen) atoms. The van der Waals surface area contributed by atoms with Gasteiger partial charge in [-0.15, -0.1) is 11.8 Å². The average Bonchev–Trinajstić information content (AvgIpc) is 3.15. The van der Waals surface area contributed by atoms with E-state index in [1.807, 2.05) is 62.4 Å². The maximum atomic E-state index is 12.7. The second-order valence-corrected chi connectivity index (χ2v) is 7.90. The van der Waals surface area contributed by atoms with E-state index in [9.17, 15) is 4.79 Å². The summed E-state index contributed by atoms with van der Waals surface area (Å²) in [6.45, 7) is 6.87. The fourth-order valence-corrected chi connectivity index (χ4v) is 3.50. The largest absolute Gasteiger partial charge is 0.374 e. The molecule has 0 aliphatic carbocycles. The third kappa shape index (κ3) is 6.44. The molecule has 0 unspecified atom stereocenters. The summed E-state index contributed by atoms with van der Waals surface area (Å²) in [4.78, 5) is 17.8. The van der Waals surface area contributed by atoms with E-state index in [0.717, 1.165) is 16.0 Å². The van der Waals surface area contributed by atoms with Gasteiger partial charge in [-0.05, 0) is 44.0 Å². The molecule has 1 N–H and O–H groups in total. The van der Waals surface area contributed by atoms with Crippen molar-refractivity contribution in [1.82, 2.24) is 15.5 Å². The van der Waals surface area contributed by atoms with Crippen molar-refractivity contribution in [3.8, 4) is 0 Å². The number of nitrogens with one attached hydrogen (secondary N) is 1. The van der Waals surface area contributed by atoms with Gasteiger partial charge < -0.3 is 14.6 Å². The van der Waals surface area contributed by atoms with Gasteiger partial charge in [-0.1, -0.05) is 41.6 Å². The van der Waals surface area contributed by atoms with Crippen LogP contribution in [0, 0.1) is 6.92 Å². The summed E-state index contributed by atoms with van der Waals surface area (Å²) in [5.74, 6) is 1.56. The number of hydrogen-bond donors (Lipinski definition) is 1. The second-order valence-electron chi connectivity index (χ2n) is 6.88. The van der Waals surface area contributed by atoms with Crippen LogP contribution >= 0.6 is 11.8 Å². The lowest BCUT2D eigenvalue weighted by molar-refractivity contribution is 0.0657. The molecule has 0 radical (unpaired) electrons. The lowest BCUT2D eigenvalue weighted by Gasteiger charge is -2.10. The average molecular weight is 412 g/mol. The van der Waals surface area contributed by atoms with Crippen molar-refractivity contribution in [2.45, 2.75) is 50.7 Å². The van der Waals surface area contributed by atoms with E-state index in [1.54, 1.807) is 6.92 Å². The number of carbonyl (C=O) groups is 1. The summed E-state index contributed by atoms with van der Waals surface area (Å²) in [7, 11) is 0. The normalized spacial score (nSPS) is 11.0. The molecule has 0 atom stereocenters. The Morgan fingerprint density at radius 1 is 1.14 bits per heavy atom. The maximum Gasteiger partial charge on any atom is 0.252 e. The van der Waals surface area contributed by atoms with Gasteiger partial charge in [0, 0.05) is 11.4 Å². The van der Waals surface area contributed by atoms with Crippen LogP contribution < -0.4 is 5.32 Å². The Bertz CT molecular complexity index is 938. The minimum atomic E-state index is -0.109. The summed E-state index contributed by atoms with van der Waals surface area (Å²) < 4.78 is 10.7. The quantitative estimate of drug-likeness (QED) is 0.522. The van der Waals surface area contributed by atoms with Crippen LogP contribution in [0.1, 0.15) is 47.0 Å². The first-order valence-electron chi connectivity index (χ1n) is 9.50. The highest BCUT2D eigenvalue weighted by Crippen LogP contribution is 2.26. The zero-order valence-corrected chi connectivity index (χ0v) is 17.7. The van der Waals surface area contributed by atoms with Crippen LogP contribution in [0.15, 0.2) is 57.9 Å². The van der Waals surface area contributed by atoms with E-state index >= 15 is 0 Å². The lowest BCUT2D eigenvalue weighted by Crippen LogP contribution is -2.23. The number of thioether (sulfide) groups is 1. The van der Waals surface area contributed by atoms with Crippen LogP contribution in [0.3, 0.4) is 0 Å². The molecule has 3 aromatic rings. The summed E-state index contributed by atoms with van der Waals surface area (Å²) in [5, 5.41) is 6.78. The Hall–Kier alpha value is -2.64. The SMILES string of the molecule is Cc1noc(CSc2ccccc2C(=O)NCc2ccc(COC(C)C)cc2)n1. The predicted molar refractivity (Wildman–Crippen MR) is 113 cm³/mol. The Labute approximate surface area is 175 Å². The number of ether oxygens (including phenoxy) is 1. The molecule has 0 saturated carbocycles. The van der Waals surface area contributed by atoms with Gasteiger partial charge in [-0.25, -0.2) is 0 Å². The van der Waals surface area contributed by atoms with Gasteiger partial charge >= 0.3 is 0 Å². The minimum Gasteiger partial charge on any atom is -0.374 e. The summed E-state index contributed by atoms with van der Waals surface area (Å²) in [6.07, 6.45) is 0.204. The maximum absolute atomic E-state index is 12.7. The minimum absolute atomic E-state index is 0.109. The van der Waals surface area contributed by atoms with Crippen molar-refractivity contribution in [1.29, 1.82) is 0 Å². The van der Waals surface area contributed by atoms with Crippen LogP contribution in [0.4, 0.5) is 0 Å². The summed E-state index contributed by atoms with van der Waals surface area (Å²) >= 11 is 1.50.